The van der Waals surface area contributed by atoms with E-state index in [-0.39, 0.29) is 24.7 Å². The van der Waals surface area contributed by atoms with Crippen molar-refractivity contribution in [3.05, 3.63) is 54.1 Å². The van der Waals surface area contributed by atoms with Crippen LogP contribution < -0.4 is 15.4 Å². The van der Waals surface area contributed by atoms with Gasteiger partial charge in [-0.2, -0.15) is 0 Å². The lowest BCUT2D eigenvalue weighted by atomic mass is 10.3. The maximum Gasteiger partial charge on any atom is 0.238 e. The fraction of sp³-hybridized carbons (Fsp3) is 0.222. The van der Waals surface area contributed by atoms with Crippen molar-refractivity contribution in [1.29, 1.82) is 0 Å². The van der Waals surface area contributed by atoms with Gasteiger partial charge in [-0.3, -0.25) is 14.5 Å². The number of nitrogens with one attached hydrogen (secondary N) is 2. The quantitative estimate of drug-likeness (QED) is 0.793. The monoisotopic (exact) mass is 363 g/mol. The zero-order valence-corrected chi connectivity index (χ0v) is 14.4. The van der Waals surface area contributed by atoms with E-state index >= 15 is 0 Å². The largest absolute Gasteiger partial charge is 0.497 e. The second-order valence-electron chi connectivity index (χ2n) is 5.62. The van der Waals surface area contributed by atoms with Crippen LogP contribution in [0.1, 0.15) is 0 Å². The third-order valence-corrected chi connectivity index (χ3v) is 3.38. The summed E-state index contributed by atoms with van der Waals surface area (Å²) in [6, 6.07) is 9.63. The van der Waals surface area contributed by atoms with Crippen LogP contribution >= 0.6 is 0 Å². The van der Waals surface area contributed by atoms with Gasteiger partial charge in [0.05, 0.1) is 25.9 Å². The van der Waals surface area contributed by atoms with E-state index in [9.17, 15) is 18.4 Å². The number of methoxy groups -OCH3 is 1. The zero-order valence-electron chi connectivity index (χ0n) is 14.4. The number of hydrogen-bond donors (Lipinski definition) is 2. The Balaban J connectivity index is 1.85. The molecule has 0 aliphatic heterocycles. The number of halogens is 2. The molecule has 6 nitrogen and oxygen atoms in total. The van der Waals surface area contributed by atoms with Crippen molar-refractivity contribution in [2.24, 2.45) is 0 Å². The van der Waals surface area contributed by atoms with E-state index < -0.39 is 17.5 Å². The fourth-order valence-electron chi connectivity index (χ4n) is 2.23. The lowest BCUT2D eigenvalue weighted by Gasteiger charge is -2.16. The highest BCUT2D eigenvalue weighted by atomic mass is 19.1. The second kappa shape index (κ2) is 8.91. The third kappa shape index (κ3) is 5.82. The zero-order chi connectivity index (χ0) is 19.1. The summed E-state index contributed by atoms with van der Waals surface area (Å²) >= 11 is 0. The SMILES string of the molecule is COc1cccc(NC(=O)CN(C)CC(=O)Nc2cc(F)ccc2F)c1. The van der Waals surface area contributed by atoms with Gasteiger partial charge in [-0.25, -0.2) is 8.78 Å². The van der Waals surface area contributed by atoms with Crippen LogP contribution in [0.4, 0.5) is 20.2 Å². The van der Waals surface area contributed by atoms with Gasteiger partial charge < -0.3 is 15.4 Å². The van der Waals surface area contributed by atoms with Gasteiger partial charge in [0.25, 0.3) is 0 Å². The van der Waals surface area contributed by atoms with Crippen molar-refractivity contribution in [2.75, 3.05) is 37.9 Å². The highest BCUT2D eigenvalue weighted by molar-refractivity contribution is 5.94. The molecule has 2 aromatic rings. The number of rotatable bonds is 7. The highest BCUT2D eigenvalue weighted by Crippen LogP contribution is 2.17. The Morgan fingerprint density at radius 2 is 1.73 bits per heavy atom. The van der Waals surface area contributed by atoms with Gasteiger partial charge >= 0.3 is 0 Å². The third-order valence-electron chi connectivity index (χ3n) is 3.38. The molecule has 0 aliphatic carbocycles. The van der Waals surface area contributed by atoms with Crippen LogP contribution in [0, 0.1) is 11.6 Å². The molecule has 0 radical (unpaired) electrons. The molecule has 0 aromatic heterocycles. The number of benzene rings is 2. The predicted molar refractivity (Wildman–Crippen MR) is 94.1 cm³/mol. The molecule has 0 aliphatic rings. The first kappa shape index (κ1) is 19.3. The van der Waals surface area contributed by atoms with Crippen LogP contribution in [0.15, 0.2) is 42.5 Å². The maximum absolute atomic E-state index is 13.5. The first-order chi connectivity index (χ1) is 12.4. The Labute approximate surface area is 149 Å². The Morgan fingerprint density at radius 3 is 2.42 bits per heavy atom. The van der Waals surface area contributed by atoms with Gasteiger partial charge in [0.1, 0.15) is 17.4 Å². The van der Waals surface area contributed by atoms with E-state index in [1.807, 2.05) is 0 Å². The molecule has 0 bridgehead atoms. The number of carbonyl (C=O) groups excluding carboxylic acids is 2. The smallest absolute Gasteiger partial charge is 0.238 e. The van der Waals surface area contributed by atoms with Crippen LogP contribution in [-0.2, 0) is 9.59 Å². The van der Waals surface area contributed by atoms with Crippen LogP contribution in [0.5, 0.6) is 5.75 Å². The van der Waals surface area contributed by atoms with Gasteiger partial charge in [-0.05, 0) is 31.3 Å². The van der Waals surface area contributed by atoms with Crippen molar-refractivity contribution in [1.82, 2.24) is 4.90 Å². The molecule has 0 heterocycles. The highest BCUT2D eigenvalue weighted by Gasteiger charge is 2.13. The number of ether oxygens (including phenoxy) is 1. The summed E-state index contributed by atoms with van der Waals surface area (Å²) in [6.45, 7) is -0.224. The average molecular weight is 363 g/mol. The number of hydrogen-bond acceptors (Lipinski definition) is 4. The lowest BCUT2D eigenvalue weighted by Crippen LogP contribution is -2.36. The van der Waals surface area contributed by atoms with E-state index in [1.165, 1.54) is 12.0 Å². The van der Waals surface area contributed by atoms with E-state index in [0.717, 1.165) is 18.2 Å². The lowest BCUT2D eigenvalue weighted by molar-refractivity contribution is -0.119. The number of anilines is 2. The van der Waals surface area contributed by atoms with Crippen molar-refractivity contribution >= 4 is 23.2 Å². The molecule has 2 rings (SSSR count). The molecular formula is C18H19F2N3O3. The van der Waals surface area contributed by atoms with Gasteiger partial charge in [0.2, 0.25) is 11.8 Å². The van der Waals surface area contributed by atoms with Crippen molar-refractivity contribution in [3.63, 3.8) is 0 Å². The van der Waals surface area contributed by atoms with Crippen LogP contribution in [-0.4, -0.2) is 44.0 Å². The first-order valence-corrected chi connectivity index (χ1v) is 7.74. The normalized spacial score (nSPS) is 10.5. The summed E-state index contributed by atoms with van der Waals surface area (Å²) in [5.41, 5.74) is 0.318. The van der Waals surface area contributed by atoms with E-state index in [1.54, 1.807) is 31.3 Å². The molecule has 0 unspecified atom stereocenters. The Bertz CT molecular complexity index is 799. The molecular weight excluding hydrogens is 344 g/mol. The number of amides is 2. The minimum absolute atomic E-state index is 0.0593. The number of carbonyl (C=O) groups is 2. The number of nitrogens with zero attached hydrogens (tertiary/aromatic N) is 1. The van der Waals surface area contributed by atoms with Gasteiger partial charge in [-0.15, -0.1) is 0 Å². The summed E-state index contributed by atoms with van der Waals surface area (Å²) in [7, 11) is 3.08. The molecule has 0 saturated carbocycles. The Morgan fingerprint density at radius 1 is 1.04 bits per heavy atom. The molecule has 8 heteroatoms. The molecule has 0 atom stereocenters. The minimum atomic E-state index is -0.738. The summed E-state index contributed by atoms with van der Waals surface area (Å²) in [6.07, 6.45) is 0. The standard InChI is InChI=1S/C18H19F2N3O3/c1-23(10-17(24)21-13-4-3-5-14(9-13)26-2)11-18(25)22-16-8-12(19)6-7-15(16)20/h3-9H,10-11H2,1-2H3,(H,21,24)(H,22,25). The van der Waals surface area contributed by atoms with Crippen molar-refractivity contribution in [2.45, 2.75) is 0 Å². The summed E-state index contributed by atoms with van der Waals surface area (Å²) < 4.78 is 31.7. The summed E-state index contributed by atoms with van der Waals surface area (Å²) in [5.74, 6) is -1.68. The summed E-state index contributed by atoms with van der Waals surface area (Å²) in [4.78, 5) is 25.4. The molecule has 2 aromatic carbocycles. The van der Waals surface area contributed by atoms with Crippen molar-refractivity contribution in [3.8, 4) is 5.75 Å². The molecule has 26 heavy (non-hydrogen) atoms. The summed E-state index contributed by atoms with van der Waals surface area (Å²) in [5, 5.41) is 4.96. The number of likely N-dealkylation sites (N-methyl/N-ethyl adjacent to an activating group) is 1. The van der Waals surface area contributed by atoms with E-state index in [2.05, 4.69) is 10.6 Å². The fourth-order valence-corrected chi connectivity index (χ4v) is 2.23. The topological polar surface area (TPSA) is 70.7 Å². The van der Waals surface area contributed by atoms with E-state index in [0.29, 0.717) is 11.4 Å². The molecule has 2 N–H and O–H groups in total. The average Bonchev–Trinajstić information content (AvgIpc) is 2.57. The minimum Gasteiger partial charge on any atom is -0.497 e. The second-order valence-corrected chi connectivity index (χ2v) is 5.62. The van der Waals surface area contributed by atoms with Gasteiger partial charge in [-0.1, -0.05) is 6.07 Å². The maximum atomic E-state index is 13.5. The van der Waals surface area contributed by atoms with Crippen LogP contribution in [0.25, 0.3) is 0 Å². The van der Waals surface area contributed by atoms with Crippen LogP contribution in [0.3, 0.4) is 0 Å². The van der Waals surface area contributed by atoms with E-state index in [4.69, 9.17) is 4.74 Å². The van der Waals surface area contributed by atoms with Gasteiger partial charge in [0, 0.05) is 17.8 Å². The molecule has 0 fully saturated rings. The van der Waals surface area contributed by atoms with Crippen LogP contribution in [0.2, 0.25) is 0 Å². The van der Waals surface area contributed by atoms with Gasteiger partial charge in [0.15, 0.2) is 0 Å². The molecule has 0 spiro atoms. The predicted octanol–water partition coefficient (Wildman–Crippen LogP) is 2.48. The van der Waals surface area contributed by atoms with Crippen molar-refractivity contribution < 1.29 is 23.1 Å². The molecule has 2 amide bonds. The Hall–Kier alpha value is -3.00. The Kier molecular flexibility index (Phi) is 6.62. The first-order valence-electron chi connectivity index (χ1n) is 7.74. The molecule has 138 valence electrons. The molecule has 0 saturated heterocycles.